The Morgan fingerprint density at radius 1 is 1.00 bits per heavy atom. The Balaban J connectivity index is 1.81. The molecule has 1 aliphatic rings. The lowest BCUT2D eigenvalue weighted by Gasteiger charge is -2.32. The van der Waals surface area contributed by atoms with Gasteiger partial charge in [-0.2, -0.15) is 0 Å². The van der Waals surface area contributed by atoms with E-state index < -0.39 is 18.3 Å². The van der Waals surface area contributed by atoms with E-state index in [0.717, 1.165) is 5.46 Å². The molecule has 5 nitrogen and oxygen atoms in total. The lowest BCUT2D eigenvalue weighted by atomic mass is 9.78. The van der Waals surface area contributed by atoms with Crippen LogP contribution in [0.2, 0.25) is 0 Å². The molecule has 1 aliphatic heterocycles. The number of benzene rings is 2. The normalized spacial score (nSPS) is 18.2. The van der Waals surface area contributed by atoms with Crippen molar-refractivity contribution in [1.29, 1.82) is 0 Å². The van der Waals surface area contributed by atoms with Crippen molar-refractivity contribution in [3.63, 3.8) is 0 Å². The Kier molecular flexibility index (Phi) is 4.35. The number of nitrogen functional groups attached to an aromatic ring is 1. The largest absolute Gasteiger partial charge is 0.494 e. The third-order valence-electron chi connectivity index (χ3n) is 4.88. The molecule has 0 saturated carbocycles. The van der Waals surface area contributed by atoms with Crippen LogP contribution >= 0.6 is 0 Å². The van der Waals surface area contributed by atoms with Crippen molar-refractivity contribution in [3.8, 4) is 0 Å². The number of anilines is 2. The van der Waals surface area contributed by atoms with Crippen LogP contribution in [0.3, 0.4) is 0 Å². The van der Waals surface area contributed by atoms with Crippen molar-refractivity contribution in [3.05, 3.63) is 54.1 Å². The van der Waals surface area contributed by atoms with Gasteiger partial charge in [-0.1, -0.05) is 24.3 Å². The molecule has 2 aromatic rings. The van der Waals surface area contributed by atoms with Gasteiger partial charge in [-0.15, -0.1) is 0 Å². The Bertz CT molecular complexity index is 789. The molecule has 0 aliphatic carbocycles. The molecule has 0 unspecified atom stereocenters. The maximum Gasteiger partial charge on any atom is 0.494 e. The number of nitrogens with two attached hydrogens (primary N) is 1. The minimum absolute atomic E-state index is 0.226. The first-order chi connectivity index (χ1) is 11.7. The molecule has 0 radical (unpaired) electrons. The van der Waals surface area contributed by atoms with Gasteiger partial charge in [0.05, 0.1) is 22.6 Å². The maximum absolute atomic E-state index is 12.5. The second-order valence-corrected chi connectivity index (χ2v) is 7.26. The predicted molar refractivity (Wildman–Crippen MR) is 101 cm³/mol. The van der Waals surface area contributed by atoms with Crippen LogP contribution in [0.5, 0.6) is 0 Å². The Morgan fingerprint density at radius 2 is 1.64 bits per heavy atom. The summed E-state index contributed by atoms with van der Waals surface area (Å²) >= 11 is 0. The number of carbonyl (C=O) groups excluding carboxylic acids is 1. The lowest BCUT2D eigenvalue weighted by Crippen LogP contribution is -2.41. The highest BCUT2D eigenvalue weighted by molar-refractivity contribution is 6.62. The van der Waals surface area contributed by atoms with Gasteiger partial charge < -0.3 is 20.4 Å². The molecule has 25 heavy (non-hydrogen) atoms. The van der Waals surface area contributed by atoms with Crippen molar-refractivity contribution in [1.82, 2.24) is 0 Å². The van der Waals surface area contributed by atoms with Gasteiger partial charge in [0, 0.05) is 5.56 Å². The molecule has 0 bridgehead atoms. The van der Waals surface area contributed by atoms with E-state index in [1.807, 2.05) is 52.0 Å². The van der Waals surface area contributed by atoms with Crippen LogP contribution in [0.4, 0.5) is 11.4 Å². The number of carbonyl (C=O) groups is 1. The van der Waals surface area contributed by atoms with Crippen LogP contribution in [0.1, 0.15) is 38.1 Å². The van der Waals surface area contributed by atoms with Crippen LogP contribution in [-0.4, -0.2) is 24.2 Å². The summed E-state index contributed by atoms with van der Waals surface area (Å²) in [5.74, 6) is -0.226. The van der Waals surface area contributed by atoms with Gasteiger partial charge in [0.15, 0.2) is 0 Å². The van der Waals surface area contributed by atoms with E-state index in [4.69, 9.17) is 15.0 Å². The topological polar surface area (TPSA) is 73.6 Å². The summed E-state index contributed by atoms with van der Waals surface area (Å²) in [5, 5.41) is 2.83. The molecular formula is C19H23BN2O3. The van der Waals surface area contributed by atoms with Crippen molar-refractivity contribution in [2.45, 2.75) is 38.9 Å². The second-order valence-electron chi connectivity index (χ2n) is 7.26. The molecule has 1 fully saturated rings. The van der Waals surface area contributed by atoms with Crippen LogP contribution in [0, 0.1) is 0 Å². The number of hydrogen-bond acceptors (Lipinski definition) is 4. The molecule has 1 amide bonds. The Hall–Kier alpha value is -2.31. The summed E-state index contributed by atoms with van der Waals surface area (Å²) in [6, 6.07) is 14.4. The molecule has 2 aromatic carbocycles. The van der Waals surface area contributed by atoms with Crippen molar-refractivity contribution in [2.75, 3.05) is 11.1 Å². The molecule has 1 saturated heterocycles. The van der Waals surface area contributed by atoms with E-state index in [1.165, 1.54) is 0 Å². The predicted octanol–water partition coefficient (Wildman–Crippen LogP) is 2.82. The zero-order valence-electron chi connectivity index (χ0n) is 15.0. The quantitative estimate of drug-likeness (QED) is 0.667. The summed E-state index contributed by atoms with van der Waals surface area (Å²) in [6.45, 7) is 8.01. The van der Waals surface area contributed by atoms with Gasteiger partial charge in [0.2, 0.25) is 0 Å². The first-order valence-electron chi connectivity index (χ1n) is 8.31. The fourth-order valence-corrected chi connectivity index (χ4v) is 2.61. The van der Waals surface area contributed by atoms with E-state index in [2.05, 4.69) is 5.32 Å². The van der Waals surface area contributed by atoms with E-state index in [-0.39, 0.29) is 5.91 Å². The minimum atomic E-state index is -0.500. The molecule has 0 atom stereocenters. The smallest absolute Gasteiger partial charge is 0.399 e. The third-order valence-corrected chi connectivity index (χ3v) is 4.88. The van der Waals surface area contributed by atoms with E-state index in [1.54, 1.807) is 24.3 Å². The van der Waals surface area contributed by atoms with Crippen LogP contribution < -0.4 is 16.5 Å². The van der Waals surface area contributed by atoms with Gasteiger partial charge in [0.1, 0.15) is 0 Å². The summed E-state index contributed by atoms with van der Waals surface area (Å²) in [4.78, 5) is 12.5. The molecular weight excluding hydrogens is 315 g/mol. The molecule has 0 spiro atoms. The minimum Gasteiger partial charge on any atom is -0.399 e. The monoisotopic (exact) mass is 338 g/mol. The summed E-state index contributed by atoms with van der Waals surface area (Å²) in [6.07, 6.45) is 0. The summed E-state index contributed by atoms with van der Waals surface area (Å²) in [7, 11) is -0.500. The van der Waals surface area contributed by atoms with E-state index in [0.29, 0.717) is 16.9 Å². The van der Waals surface area contributed by atoms with Gasteiger partial charge in [-0.25, -0.2) is 0 Å². The van der Waals surface area contributed by atoms with Crippen LogP contribution in [0.25, 0.3) is 0 Å². The highest BCUT2D eigenvalue weighted by Gasteiger charge is 2.51. The zero-order valence-corrected chi connectivity index (χ0v) is 15.0. The SMILES string of the molecule is CC1(C)OB(c2cccc(C(=O)Nc3ccccc3N)c2)OC1(C)C. The maximum atomic E-state index is 12.5. The van der Waals surface area contributed by atoms with Gasteiger partial charge in [-0.05, 0) is 57.4 Å². The van der Waals surface area contributed by atoms with Gasteiger partial charge in [0.25, 0.3) is 5.91 Å². The lowest BCUT2D eigenvalue weighted by molar-refractivity contribution is 0.00578. The van der Waals surface area contributed by atoms with Crippen molar-refractivity contribution in [2.24, 2.45) is 0 Å². The number of rotatable bonds is 3. The number of hydrogen-bond donors (Lipinski definition) is 2. The van der Waals surface area contributed by atoms with Crippen molar-refractivity contribution < 1.29 is 14.1 Å². The van der Waals surface area contributed by atoms with Crippen molar-refractivity contribution >= 4 is 29.9 Å². The average Bonchev–Trinajstić information content (AvgIpc) is 2.78. The van der Waals surface area contributed by atoms with E-state index >= 15 is 0 Å². The highest BCUT2D eigenvalue weighted by atomic mass is 16.7. The molecule has 3 rings (SSSR count). The molecule has 0 aromatic heterocycles. The summed E-state index contributed by atoms with van der Waals surface area (Å²) < 4.78 is 12.1. The second kappa shape index (κ2) is 6.21. The molecule has 1 heterocycles. The van der Waals surface area contributed by atoms with Crippen LogP contribution in [0.15, 0.2) is 48.5 Å². The third kappa shape index (κ3) is 3.41. The average molecular weight is 338 g/mol. The number of para-hydroxylation sites is 2. The number of amides is 1. The number of nitrogens with one attached hydrogen (secondary N) is 1. The summed E-state index contributed by atoms with van der Waals surface area (Å²) in [5.41, 5.74) is 7.49. The molecule has 3 N–H and O–H groups in total. The molecule has 6 heteroatoms. The first-order valence-corrected chi connectivity index (χ1v) is 8.31. The Morgan fingerprint density at radius 3 is 2.28 bits per heavy atom. The first kappa shape index (κ1) is 17.5. The fraction of sp³-hybridized carbons (Fsp3) is 0.316. The zero-order chi connectivity index (χ0) is 18.2. The van der Waals surface area contributed by atoms with Gasteiger partial charge >= 0.3 is 7.12 Å². The standard InChI is InChI=1S/C19H23BN2O3/c1-18(2)19(3,4)25-20(24-18)14-9-7-8-13(12-14)17(23)22-16-11-6-5-10-15(16)21/h5-12H,21H2,1-4H3,(H,22,23). The van der Waals surface area contributed by atoms with Gasteiger partial charge in [-0.3, -0.25) is 4.79 Å². The molecule has 130 valence electrons. The highest BCUT2D eigenvalue weighted by Crippen LogP contribution is 2.36. The van der Waals surface area contributed by atoms with E-state index in [9.17, 15) is 4.79 Å². The Labute approximate surface area is 148 Å². The van der Waals surface area contributed by atoms with Crippen LogP contribution in [-0.2, 0) is 9.31 Å². The fourth-order valence-electron chi connectivity index (χ4n) is 2.61.